The largest absolute Gasteiger partial charge is 0.342 e. The molecular weight excluding hydrogens is 378 g/mol. The van der Waals surface area contributed by atoms with Gasteiger partial charge in [-0.15, -0.1) is 21.5 Å². The van der Waals surface area contributed by atoms with E-state index in [1.54, 1.807) is 0 Å². The lowest BCUT2D eigenvalue weighted by molar-refractivity contribution is -0.127. The highest BCUT2D eigenvalue weighted by Crippen LogP contribution is 2.38. The molecule has 3 aromatic rings. The van der Waals surface area contributed by atoms with E-state index >= 15 is 0 Å². The minimum atomic E-state index is 0.203. The summed E-state index contributed by atoms with van der Waals surface area (Å²) in [5.74, 6) is 1.61. The Hall–Kier alpha value is -1.67. The summed E-state index contributed by atoms with van der Waals surface area (Å²) in [5, 5.41) is 11.0. The smallest absolute Gasteiger partial charge is 0.233 e. The predicted octanol–water partition coefficient (Wildman–Crippen LogP) is 3.49. The lowest BCUT2D eigenvalue weighted by Crippen LogP contribution is -2.29. The number of carbonyl (C=O) groups excluding carboxylic acids is 1. The van der Waals surface area contributed by atoms with Gasteiger partial charge in [-0.25, -0.2) is 4.98 Å². The van der Waals surface area contributed by atoms with E-state index in [4.69, 9.17) is 4.98 Å². The fourth-order valence-electron chi connectivity index (χ4n) is 4.21. The van der Waals surface area contributed by atoms with E-state index in [1.165, 1.54) is 40.4 Å². The van der Waals surface area contributed by atoms with Crippen molar-refractivity contribution in [2.75, 3.05) is 18.8 Å². The molecule has 1 saturated heterocycles. The fourth-order valence-corrected chi connectivity index (χ4v) is 6.34. The SMILES string of the molecule is CCc1nc2sc3c(c2c2nnc(SCC(=O)N4CCCC4)n12)CCCC3. The van der Waals surface area contributed by atoms with Gasteiger partial charge in [0.2, 0.25) is 5.91 Å². The highest BCUT2D eigenvalue weighted by atomic mass is 32.2. The van der Waals surface area contributed by atoms with Gasteiger partial charge in [0, 0.05) is 24.4 Å². The van der Waals surface area contributed by atoms with Gasteiger partial charge in [-0.05, 0) is 44.1 Å². The average molecular weight is 402 g/mol. The van der Waals surface area contributed by atoms with E-state index in [0.717, 1.165) is 66.7 Å². The Balaban J connectivity index is 1.54. The Morgan fingerprint density at radius 2 is 1.96 bits per heavy atom. The minimum absolute atomic E-state index is 0.203. The third-order valence-electron chi connectivity index (χ3n) is 5.60. The van der Waals surface area contributed by atoms with Crippen molar-refractivity contribution in [2.45, 2.75) is 57.0 Å². The first kappa shape index (κ1) is 17.4. The van der Waals surface area contributed by atoms with E-state index < -0.39 is 0 Å². The molecule has 0 spiro atoms. The zero-order valence-corrected chi connectivity index (χ0v) is 17.2. The first-order chi connectivity index (χ1) is 13.3. The van der Waals surface area contributed by atoms with Gasteiger partial charge in [0.25, 0.3) is 0 Å². The lowest BCUT2D eigenvalue weighted by atomic mass is 9.97. The molecule has 27 heavy (non-hydrogen) atoms. The molecule has 4 heterocycles. The number of hydrogen-bond donors (Lipinski definition) is 0. The first-order valence-electron chi connectivity index (χ1n) is 9.85. The molecule has 0 N–H and O–H groups in total. The highest BCUT2D eigenvalue weighted by Gasteiger charge is 2.24. The van der Waals surface area contributed by atoms with E-state index in [9.17, 15) is 4.79 Å². The maximum atomic E-state index is 12.4. The maximum Gasteiger partial charge on any atom is 0.233 e. The number of carbonyl (C=O) groups is 1. The summed E-state index contributed by atoms with van der Waals surface area (Å²) in [6.45, 7) is 3.90. The van der Waals surface area contributed by atoms with E-state index in [0.29, 0.717) is 5.75 Å². The Morgan fingerprint density at radius 1 is 1.15 bits per heavy atom. The number of hydrogen-bond acceptors (Lipinski definition) is 6. The standard InChI is InChI=1S/C19H23N5OS2/c1-2-14-20-18-16(12-7-3-4-8-13(12)27-18)17-21-22-19(24(14)17)26-11-15(25)23-9-5-6-10-23/h2-11H2,1H3. The predicted molar refractivity (Wildman–Crippen MR) is 109 cm³/mol. The monoisotopic (exact) mass is 401 g/mol. The number of thioether (sulfide) groups is 1. The quantitative estimate of drug-likeness (QED) is 0.626. The molecule has 1 amide bonds. The molecule has 2 aliphatic rings. The van der Waals surface area contributed by atoms with Gasteiger partial charge >= 0.3 is 0 Å². The van der Waals surface area contributed by atoms with Crippen LogP contribution in [-0.2, 0) is 24.1 Å². The average Bonchev–Trinajstić information content (AvgIpc) is 3.42. The Morgan fingerprint density at radius 3 is 2.78 bits per heavy atom. The van der Waals surface area contributed by atoms with Crippen LogP contribution < -0.4 is 0 Å². The van der Waals surface area contributed by atoms with Gasteiger partial charge in [0.05, 0.1) is 11.1 Å². The van der Waals surface area contributed by atoms with Crippen LogP contribution in [0.2, 0.25) is 0 Å². The lowest BCUT2D eigenvalue weighted by Gasteiger charge is -2.14. The van der Waals surface area contributed by atoms with Crippen LogP contribution in [0.15, 0.2) is 5.16 Å². The summed E-state index contributed by atoms with van der Waals surface area (Å²) >= 11 is 3.32. The molecule has 0 atom stereocenters. The molecular formula is C19H23N5OS2. The van der Waals surface area contributed by atoms with Crippen LogP contribution in [0.1, 0.15) is 48.9 Å². The second-order valence-electron chi connectivity index (χ2n) is 7.29. The number of nitrogens with zero attached hydrogens (tertiary/aromatic N) is 5. The van der Waals surface area contributed by atoms with Crippen molar-refractivity contribution in [3.05, 3.63) is 16.3 Å². The van der Waals surface area contributed by atoms with E-state index in [2.05, 4.69) is 21.5 Å². The van der Waals surface area contributed by atoms with E-state index in [1.807, 2.05) is 16.2 Å². The van der Waals surface area contributed by atoms with Crippen molar-refractivity contribution in [3.8, 4) is 0 Å². The number of amides is 1. The number of aryl methyl sites for hydroxylation is 3. The van der Waals surface area contributed by atoms with Crippen LogP contribution in [0.4, 0.5) is 0 Å². The Bertz CT molecular complexity index is 1020. The second kappa shape index (κ2) is 7.05. The number of thiophene rings is 1. The molecule has 3 aromatic heterocycles. The van der Waals surface area contributed by atoms with Crippen molar-refractivity contribution < 1.29 is 4.79 Å². The van der Waals surface area contributed by atoms with Crippen molar-refractivity contribution in [3.63, 3.8) is 0 Å². The van der Waals surface area contributed by atoms with Gasteiger partial charge in [-0.2, -0.15) is 0 Å². The van der Waals surface area contributed by atoms with Crippen molar-refractivity contribution in [2.24, 2.45) is 0 Å². The van der Waals surface area contributed by atoms with Gasteiger partial charge in [-0.1, -0.05) is 18.7 Å². The molecule has 0 radical (unpaired) electrons. The third-order valence-corrected chi connectivity index (χ3v) is 7.70. The summed E-state index contributed by atoms with van der Waals surface area (Å²) in [7, 11) is 0. The molecule has 5 rings (SSSR count). The number of aromatic nitrogens is 4. The van der Waals surface area contributed by atoms with Crippen molar-refractivity contribution >= 4 is 44.9 Å². The van der Waals surface area contributed by atoms with E-state index in [-0.39, 0.29) is 5.91 Å². The molecule has 8 heteroatoms. The molecule has 6 nitrogen and oxygen atoms in total. The molecule has 1 aliphatic heterocycles. The number of likely N-dealkylation sites (tertiary alicyclic amines) is 1. The van der Waals surface area contributed by atoms with Gasteiger partial charge in [-0.3, -0.25) is 9.20 Å². The Kier molecular flexibility index (Phi) is 4.55. The summed E-state index contributed by atoms with van der Waals surface area (Å²) in [4.78, 5) is 21.9. The first-order valence-corrected chi connectivity index (χ1v) is 11.6. The molecule has 0 aromatic carbocycles. The summed E-state index contributed by atoms with van der Waals surface area (Å²) in [5.41, 5.74) is 2.35. The molecule has 0 saturated carbocycles. The topological polar surface area (TPSA) is 63.4 Å². The summed E-state index contributed by atoms with van der Waals surface area (Å²) < 4.78 is 2.09. The normalized spacial score (nSPS) is 17.1. The molecule has 0 bridgehead atoms. The van der Waals surface area contributed by atoms with Crippen LogP contribution in [0.25, 0.3) is 15.9 Å². The van der Waals surface area contributed by atoms with Crippen LogP contribution in [-0.4, -0.2) is 49.2 Å². The number of rotatable bonds is 4. The van der Waals surface area contributed by atoms with Gasteiger partial charge in [0.15, 0.2) is 10.8 Å². The molecule has 1 aliphatic carbocycles. The number of fused-ring (bicyclic) bond motifs is 5. The summed E-state index contributed by atoms with van der Waals surface area (Å²) in [6.07, 6.45) is 7.83. The highest BCUT2D eigenvalue weighted by molar-refractivity contribution is 7.99. The van der Waals surface area contributed by atoms with Crippen LogP contribution in [0.5, 0.6) is 0 Å². The fraction of sp³-hybridized carbons (Fsp3) is 0.579. The van der Waals surface area contributed by atoms with Crippen LogP contribution in [0, 0.1) is 0 Å². The zero-order valence-electron chi connectivity index (χ0n) is 15.5. The van der Waals surface area contributed by atoms with Crippen LogP contribution in [0.3, 0.4) is 0 Å². The van der Waals surface area contributed by atoms with Gasteiger partial charge in [0.1, 0.15) is 10.7 Å². The zero-order chi connectivity index (χ0) is 18.4. The van der Waals surface area contributed by atoms with Crippen molar-refractivity contribution in [1.82, 2.24) is 24.5 Å². The third kappa shape index (κ3) is 2.93. The van der Waals surface area contributed by atoms with Crippen LogP contribution >= 0.6 is 23.1 Å². The minimum Gasteiger partial charge on any atom is -0.342 e. The maximum absolute atomic E-state index is 12.4. The molecule has 1 fully saturated rings. The van der Waals surface area contributed by atoms with Crippen molar-refractivity contribution in [1.29, 1.82) is 0 Å². The second-order valence-corrected chi connectivity index (χ2v) is 9.32. The molecule has 142 valence electrons. The summed E-state index contributed by atoms with van der Waals surface area (Å²) in [6, 6.07) is 0. The van der Waals surface area contributed by atoms with Gasteiger partial charge < -0.3 is 4.90 Å². The Labute approximate surface area is 166 Å². The molecule has 0 unspecified atom stereocenters.